The zero-order valence-corrected chi connectivity index (χ0v) is 12.7. The minimum atomic E-state index is -0.0531. The Morgan fingerprint density at radius 1 is 1.26 bits per heavy atom. The Hall–Kier alpha value is -0.860. The zero-order chi connectivity index (χ0) is 13.9. The molecule has 0 heterocycles. The topological polar surface area (TPSA) is 21.3 Å². The van der Waals surface area contributed by atoms with E-state index in [1.165, 1.54) is 24.0 Å². The molecule has 0 bridgehead atoms. The first-order valence-electron chi connectivity index (χ1n) is 7.44. The summed E-state index contributed by atoms with van der Waals surface area (Å²) in [5.41, 5.74) is 2.91. The molecule has 0 unspecified atom stereocenters. The van der Waals surface area contributed by atoms with Gasteiger partial charge in [0.1, 0.15) is 0 Å². The third kappa shape index (κ3) is 3.80. The quantitative estimate of drug-likeness (QED) is 0.844. The van der Waals surface area contributed by atoms with Crippen LogP contribution in [0.5, 0.6) is 0 Å². The third-order valence-electron chi connectivity index (χ3n) is 4.12. The molecule has 1 aliphatic carbocycles. The van der Waals surface area contributed by atoms with Gasteiger partial charge in [0.25, 0.3) is 0 Å². The molecule has 0 atom stereocenters. The van der Waals surface area contributed by atoms with Crippen molar-refractivity contribution in [3.8, 4) is 0 Å². The highest BCUT2D eigenvalue weighted by atomic mass is 16.5. The molecule has 0 spiro atoms. The Bertz CT molecular complexity index is 407. The van der Waals surface area contributed by atoms with Crippen molar-refractivity contribution in [2.75, 3.05) is 13.2 Å². The third-order valence-corrected chi connectivity index (χ3v) is 4.12. The minimum Gasteiger partial charge on any atom is -0.375 e. The van der Waals surface area contributed by atoms with Gasteiger partial charge in [-0.3, -0.25) is 0 Å². The van der Waals surface area contributed by atoms with Crippen LogP contribution in [0, 0.1) is 6.92 Å². The summed E-state index contributed by atoms with van der Waals surface area (Å²) in [4.78, 5) is 0. The second-order valence-electron chi connectivity index (χ2n) is 6.30. The molecule has 1 aromatic rings. The molecule has 2 heteroatoms. The van der Waals surface area contributed by atoms with Crippen LogP contribution in [-0.2, 0) is 4.74 Å². The second kappa shape index (κ2) is 6.06. The predicted octanol–water partition coefficient (Wildman–Crippen LogP) is 3.65. The van der Waals surface area contributed by atoms with Crippen LogP contribution in [0.4, 0.5) is 0 Å². The number of benzene rings is 1. The smallest absolute Gasteiger partial charge is 0.0750 e. The van der Waals surface area contributed by atoms with Gasteiger partial charge in [0.2, 0.25) is 0 Å². The number of rotatable bonds is 6. The summed E-state index contributed by atoms with van der Waals surface area (Å²) in [6.07, 6.45) is 2.51. The summed E-state index contributed by atoms with van der Waals surface area (Å²) in [5.74, 6) is 0.744. The molecular weight excluding hydrogens is 234 g/mol. The largest absolute Gasteiger partial charge is 0.375 e. The van der Waals surface area contributed by atoms with E-state index in [-0.39, 0.29) is 5.60 Å². The summed E-state index contributed by atoms with van der Waals surface area (Å²) >= 11 is 0. The van der Waals surface area contributed by atoms with Crippen molar-refractivity contribution in [3.05, 3.63) is 35.4 Å². The molecule has 0 aromatic heterocycles. The lowest BCUT2D eigenvalue weighted by Gasteiger charge is -2.39. The summed E-state index contributed by atoms with van der Waals surface area (Å²) in [7, 11) is 0. The van der Waals surface area contributed by atoms with Crippen LogP contribution < -0.4 is 5.32 Å². The van der Waals surface area contributed by atoms with Crippen LogP contribution in [0.15, 0.2) is 24.3 Å². The average Bonchev–Trinajstić information content (AvgIpc) is 2.29. The van der Waals surface area contributed by atoms with Crippen molar-refractivity contribution >= 4 is 0 Å². The highest BCUT2D eigenvalue weighted by Crippen LogP contribution is 2.38. The van der Waals surface area contributed by atoms with Gasteiger partial charge in [-0.25, -0.2) is 0 Å². The number of aryl methyl sites for hydroxylation is 1. The molecular formula is C17H27NO. The normalized spacial score (nSPS) is 23.2. The van der Waals surface area contributed by atoms with Gasteiger partial charge in [-0.15, -0.1) is 0 Å². The van der Waals surface area contributed by atoms with E-state index in [4.69, 9.17) is 4.74 Å². The molecule has 2 rings (SSSR count). The molecule has 1 fully saturated rings. The van der Waals surface area contributed by atoms with Crippen molar-refractivity contribution in [1.82, 2.24) is 5.32 Å². The second-order valence-corrected chi connectivity index (χ2v) is 6.30. The molecule has 19 heavy (non-hydrogen) atoms. The van der Waals surface area contributed by atoms with Gasteiger partial charge in [-0.1, -0.05) is 24.3 Å². The Kier molecular flexibility index (Phi) is 4.64. The Labute approximate surface area is 117 Å². The molecule has 1 N–H and O–H groups in total. The molecule has 2 nitrogen and oxygen atoms in total. The highest BCUT2D eigenvalue weighted by Gasteiger charge is 2.32. The Morgan fingerprint density at radius 3 is 2.58 bits per heavy atom. The van der Waals surface area contributed by atoms with E-state index in [2.05, 4.69) is 57.3 Å². The maximum atomic E-state index is 5.72. The average molecular weight is 261 g/mol. The standard InChI is InChI=1S/C17H27NO/c1-5-19-17(3,4)12-18-15-10-14(11-15)16-9-7-6-8-13(16)2/h6-9,14-15,18H,5,10-12H2,1-4H3. The van der Waals surface area contributed by atoms with Crippen molar-refractivity contribution in [2.45, 2.75) is 58.1 Å². The van der Waals surface area contributed by atoms with Crippen LogP contribution in [0.25, 0.3) is 0 Å². The van der Waals surface area contributed by atoms with Crippen molar-refractivity contribution in [2.24, 2.45) is 0 Å². The first-order chi connectivity index (χ1) is 9.02. The van der Waals surface area contributed by atoms with E-state index < -0.39 is 0 Å². The Morgan fingerprint density at radius 2 is 1.95 bits per heavy atom. The van der Waals surface area contributed by atoms with Crippen LogP contribution in [0.2, 0.25) is 0 Å². The maximum absolute atomic E-state index is 5.72. The molecule has 106 valence electrons. The maximum Gasteiger partial charge on any atom is 0.0750 e. The van der Waals surface area contributed by atoms with Gasteiger partial charge in [-0.2, -0.15) is 0 Å². The van der Waals surface area contributed by atoms with Crippen LogP contribution in [0.1, 0.15) is 50.7 Å². The molecule has 1 saturated carbocycles. The number of hydrogen-bond donors (Lipinski definition) is 1. The zero-order valence-electron chi connectivity index (χ0n) is 12.7. The summed E-state index contributed by atoms with van der Waals surface area (Å²) in [6.45, 7) is 10.3. The first kappa shape index (κ1) is 14.5. The predicted molar refractivity (Wildman–Crippen MR) is 80.6 cm³/mol. The van der Waals surface area contributed by atoms with Gasteiger partial charge < -0.3 is 10.1 Å². The van der Waals surface area contributed by atoms with Crippen LogP contribution in [-0.4, -0.2) is 24.8 Å². The molecule has 0 saturated heterocycles. The van der Waals surface area contributed by atoms with Crippen molar-refractivity contribution in [3.63, 3.8) is 0 Å². The molecule has 0 aliphatic heterocycles. The lowest BCUT2D eigenvalue weighted by atomic mass is 9.74. The highest BCUT2D eigenvalue weighted by molar-refractivity contribution is 5.31. The fraction of sp³-hybridized carbons (Fsp3) is 0.647. The minimum absolute atomic E-state index is 0.0531. The van der Waals surface area contributed by atoms with Crippen LogP contribution in [0.3, 0.4) is 0 Å². The number of ether oxygens (including phenoxy) is 1. The van der Waals surface area contributed by atoms with Gasteiger partial charge in [-0.05, 0) is 57.6 Å². The van der Waals surface area contributed by atoms with Crippen molar-refractivity contribution in [1.29, 1.82) is 0 Å². The summed E-state index contributed by atoms with van der Waals surface area (Å²) in [6, 6.07) is 9.43. The van der Waals surface area contributed by atoms with E-state index in [0.29, 0.717) is 6.04 Å². The van der Waals surface area contributed by atoms with E-state index in [0.717, 1.165) is 19.1 Å². The van der Waals surface area contributed by atoms with Gasteiger partial charge in [0.15, 0.2) is 0 Å². The Balaban J connectivity index is 1.77. The summed E-state index contributed by atoms with van der Waals surface area (Å²) < 4.78 is 5.72. The molecule has 0 amide bonds. The van der Waals surface area contributed by atoms with E-state index >= 15 is 0 Å². The SMILES string of the molecule is CCOC(C)(C)CNC1CC(c2ccccc2C)C1. The molecule has 1 aliphatic rings. The molecule has 0 radical (unpaired) electrons. The van der Waals surface area contributed by atoms with Crippen molar-refractivity contribution < 1.29 is 4.74 Å². The van der Waals surface area contributed by atoms with Gasteiger partial charge >= 0.3 is 0 Å². The fourth-order valence-electron chi connectivity index (χ4n) is 2.92. The summed E-state index contributed by atoms with van der Waals surface area (Å²) in [5, 5.41) is 3.64. The lowest BCUT2D eigenvalue weighted by Crippen LogP contribution is -2.47. The fourth-order valence-corrected chi connectivity index (χ4v) is 2.92. The molecule has 1 aromatic carbocycles. The van der Waals surface area contributed by atoms with Crippen LogP contribution >= 0.6 is 0 Å². The van der Waals surface area contributed by atoms with Gasteiger partial charge in [0.05, 0.1) is 5.60 Å². The first-order valence-corrected chi connectivity index (χ1v) is 7.44. The lowest BCUT2D eigenvalue weighted by molar-refractivity contribution is -0.0128. The number of hydrogen-bond acceptors (Lipinski definition) is 2. The monoisotopic (exact) mass is 261 g/mol. The van der Waals surface area contributed by atoms with E-state index in [1.54, 1.807) is 0 Å². The van der Waals surface area contributed by atoms with Gasteiger partial charge in [0, 0.05) is 19.2 Å². The van der Waals surface area contributed by atoms with E-state index in [1.807, 2.05) is 0 Å². The van der Waals surface area contributed by atoms with E-state index in [9.17, 15) is 0 Å². The number of nitrogens with one attached hydrogen (secondary N) is 1.